The number of alkyl halides is 4. The summed E-state index contributed by atoms with van der Waals surface area (Å²) in [5.41, 5.74) is 8.66. The summed E-state index contributed by atoms with van der Waals surface area (Å²) in [6, 6.07) is 16.5. The Morgan fingerprint density at radius 1 is 0.625 bits per heavy atom. The van der Waals surface area contributed by atoms with Crippen LogP contribution < -0.4 is 33.9 Å². The van der Waals surface area contributed by atoms with Crippen LogP contribution in [-0.2, 0) is 33.3 Å². The van der Waals surface area contributed by atoms with Gasteiger partial charge in [-0.1, -0.05) is 29.8 Å². The molecular formula is C52H50BClF4N4O10. The zero-order chi connectivity index (χ0) is 52.1. The van der Waals surface area contributed by atoms with Gasteiger partial charge in [-0.05, 0) is 154 Å². The van der Waals surface area contributed by atoms with Crippen molar-refractivity contribution in [1.82, 2.24) is 19.9 Å². The van der Waals surface area contributed by atoms with E-state index in [2.05, 4.69) is 33.9 Å². The lowest BCUT2D eigenvalue weighted by molar-refractivity contribution is -0.287. The Morgan fingerprint density at radius 2 is 1.07 bits per heavy atom. The van der Waals surface area contributed by atoms with Crippen LogP contribution in [0.4, 0.5) is 17.6 Å². The highest BCUT2D eigenvalue weighted by Gasteiger charge is 2.53. The van der Waals surface area contributed by atoms with E-state index >= 15 is 0 Å². The van der Waals surface area contributed by atoms with E-state index in [1.807, 2.05) is 59.7 Å². The van der Waals surface area contributed by atoms with Gasteiger partial charge in [0.1, 0.15) is 16.7 Å². The lowest BCUT2D eigenvalue weighted by Gasteiger charge is -2.17. The third-order valence-electron chi connectivity index (χ3n) is 13.2. The van der Waals surface area contributed by atoms with Gasteiger partial charge in [0.05, 0.1) is 36.3 Å². The van der Waals surface area contributed by atoms with E-state index in [4.69, 9.17) is 36.1 Å². The molecule has 20 heteroatoms. The molecule has 0 atom stereocenters. The Morgan fingerprint density at radius 3 is 1.53 bits per heavy atom. The van der Waals surface area contributed by atoms with E-state index in [9.17, 15) is 27.2 Å². The maximum atomic E-state index is 13.4. The second kappa shape index (κ2) is 19.6. The Balaban J connectivity index is 0.000000161. The normalized spacial score (nSPS) is 16.3. The molecule has 0 saturated heterocycles. The number of benzene rings is 2. The van der Waals surface area contributed by atoms with E-state index < -0.39 is 30.5 Å². The standard InChI is InChI=1S/C26H24F2N2O4.C19H16ClF2NO3.C7H10BNO3/c1-14-9-19(24(32-4)29-13-14)23-16(3)15(2)10-18(30-23)12-22(31)25(7-8-25)17-5-6-20-21(11-17)34-26(27,28)33-20;1-10-7-13(23-17(20)11(10)2)9-16(24)18(5-6-18)12-3-4-14-15(8-12)26-19(21,22)25-14;1-5-3-6(8(10)11)7(12-2)9-4-5/h5-6,9-11,13H,7-8,12H2,1-4H3;3-4,7-8H,5-6,9H2,1-2H3;3-4,10-11H,1-2H3. The van der Waals surface area contributed by atoms with Gasteiger partial charge in [-0.15, -0.1) is 17.6 Å². The zero-order valence-electron chi connectivity index (χ0n) is 40.6. The molecule has 2 aromatic carbocycles. The van der Waals surface area contributed by atoms with Gasteiger partial charge < -0.3 is 38.5 Å². The number of rotatable bonds is 12. The molecule has 0 bridgehead atoms. The van der Waals surface area contributed by atoms with Crippen LogP contribution in [0.15, 0.2) is 73.1 Å². The summed E-state index contributed by atoms with van der Waals surface area (Å²) in [7, 11) is 1.46. The third kappa shape index (κ3) is 10.7. The highest BCUT2D eigenvalue weighted by Crippen LogP contribution is 2.54. The van der Waals surface area contributed by atoms with Crippen molar-refractivity contribution in [2.45, 2.75) is 103 Å². The first-order valence-electron chi connectivity index (χ1n) is 22.8. The molecule has 2 fully saturated rings. The molecule has 0 radical (unpaired) electrons. The summed E-state index contributed by atoms with van der Waals surface area (Å²) in [6.07, 6.45) is -1.12. The van der Waals surface area contributed by atoms with Gasteiger partial charge in [-0.3, -0.25) is 14.6 Å². The highest BCUT2D eigenvalue weighted by atomic mass is 35.5. The summed E-state index contributed by atoms with van der Waals surface area (Å²) in [6.45, 7) is 11.5. The molecule has 6 aromatic rings. The van der Waals surface area contributed by atoms with Crippen molar-refractivity contribution in [3.8, 4) is 46.0 Å². The van der Waals surface area contributed by atoms with Crippen molar-refractivity contribution in [1.29, 1.82) is 0 Å². The molecule has 6 heterocycles. The monoisotopic (exact) mass is 1010 g/mol. The van der Waals surface area contributed by atoms with Gasteiger partial charge in [0.15, 0.2) is 23.0 Å². The first-order valence-corrected chi connectivity index (χ1v) is 23.2. The fourth-order valence-corrected chi connectivity index (χ4v) is 8.96. The summed E-state index contributed by atoms with van der Waals surface area (Å²) in [5, 5.41) is 18.2. The van der Waals surface area contributed by atoms with Gasteiger partial charge in [0.2, 0.25) is 11.8 Å². The van der Waals surface area contributed by atoms with Crippen molar-refractivity contribution in [2.24, 2.45) is 0 Å². The summed E-state index contributed by atoms with van der Waals surface area (Å²) >= 11 is 6.12. The number of carbonyl (C=O) groups is 2. The molecule has 4 aromatic heterocycles. The molecule has 2 aliphatic heterocycles. The largest absolute Gasteiger partial charge is 0.586 e. The van der Waals surface area contributed by atoms with Crippen molar-refractivity contribution < 1.29 is 65.6 Å². The molecule has 4 aliphatic rings. The number of nitrogens with zero attached hydrogens (tertiary/aromatic N) is 4. The van der Waals surface area contributed by atoms with Crippen molar-refractivity contribution >= 4 is 35.7 Å². The molecule has 376 valence electrons. The van der Waals surface area contributed by atoms with E-state index in [0.29, 0.717) is 59.2 Å². The van der Waals surface area contributed by atoms with E-state index in [1.54, 1.807) is 37.7 Å². The number of hydrogen-bond acceptors (Lipinski definition) is 14. The van der Waals surface area contributed by atoms with E-state index in [-0.39, 0.29) is 58.7 Å². The Labute approximate surface area is 417 Å². The molecule has 2 N–H and O–H groups in total. The lowest BCUT2D eigenvalue weighted by atomic mass is 9.80. The number of methoxy groups -OCH3 is 2. The second-order valence-electron chi connectivity index (χ2n) is 18.3. The average molecular weight is 1010 g/mol. The van der Waals surface area contributed by atoms with Crippen molar-refractivity contribution in [3.63, 3.8) is 0 Å². The fourth-order valence-electron chi connectivity index (χ4n) is 8.70. The molecule has 0 amide bonds. The van der Waals surface area contributed by atoms with Crippen LogP contribution in [0.3, 0.4) is 0 Å². The van der Waals surface area contributed by atoms with Crippen LogP contribution in [-0.4, -0.2) is 75.5 Å². The number of Topliss-reactive ketones (excluding diaryl/α,β-unsaturated/α-hetero) is 2. The summed E-state index contributed by atoms with van der Waals surface area (Å²) in [5.74, 6) is 0.563. The number of hydrogen-bond donors (Lipinski definition) is 2. The number of ether oxygens (including phenoxy) is 6. The average Bonchev–Trinajstić information content (AvgIpc) is 4.25. The molecule has 0 unspecified atom stereocenters. The number of pyridine rings is 4. The molecule has 2 saturated carbocycles. The van der Waals surface area contributed by atoms with Gasteiger partial charge in [-0.25, -0.2) is 15.0 Å². The number of halogens is 5. The van der Waals surface area contributed by atoms with Crippen LogP contribution in [0.2, 0.25) is 5.15 Å². The van der Waals surface area contributed by atoms with Gasteiger partial charge in [0, 0.05) is 42.1 Å². The minimum absolute atomic E-state index is 0.00468. The Hall–Kier alpha value is -6.83. The minimum atomic E-state index is -3.69. The highest BCUT2D eigenvalue weighted by molar-refractivity contribution is 6.59. The van der Waals surface area contributed by atoms with E-state index in [1.165, 1.54) is 31.4 Å². The number of aryl methyl sites for hydroxylation is 4. The molecule has 14 nitrogen and oxygen atoms in total. The molecule has 72 heavy (non-hydrogen) atoms. The number of carbonyl (C=O) groups excluding carboxylic acids is 2. The maximum absolute atomic E-state index is 13.4. The van der Waals surface area contributed by atoms with Gasteiger partial charge >= 0.3 is 19.7 Å². The predicted octanol–water partition coefficient (Wildman–Crippen LogP) is 8.84. The van der Waals surface area contributed by atoms with Gasteiger partial charge in [-0.2, -0.15) is 0 Å². The molecule has 10 rings (SSSR count). The van der Waals surface area contributed by atoms with Crippen LogP contribution in [0.5, 0.6) is 34.8 Å². The van der Waals surface area contributed by atoms with Crippen molar-refractivity contribution in [3.05, 3.63) is 134 Å². The minimum Gasteiger partial charge on any atom is -0.481 e. The van der Waals surface area contributed by atoms with Crippen LogP contribution in [0.25, 0.3) is 11.3 Å². The fraction of sp³-hybridized carbons (Fsp3) is 0.346. The van der Waals surface area contributed by atoms with E-state index in [0.717, 1.165) is 44.6 Å². The van der Waals surface area contributed by atoms with Crippen LogP contribution in [0, 0.1) is 41.5 Å². The van der Waals surface area contributed by atoms with Crippen LogP contribution >= 0.6 is 11.6 Å². The second-order valence-corrected chi connectivity index (χ2v) is 18.7. The zero-order valence-corrected chi connectivity index (χ0v) is 41.3. The topological polar surface area (TPSA) is 182 Å². The Kier molecular flexibility index (Phi) is 14.1. The van der Waals surface area contributed by atoms with Gasteiger partial charge in [0.25, 0.3) is 0 Å². The summed E-state index contributed by atoms with van der Waals surface area (Å²) < 4.78 is 81.5. The lowest BCUT2D eigenvalue weighted by Crippen LogP contribution is -2.32. The molecule has 2 aliphatic carbocycles. The maximum Gasteiger partial charge on any atom is 0.586 e. The number of fused-ring (bicyclic) bond motifs is 2. The first-order chi connectivity index (χ1) is 34.0. The third-order valence-corrected chi connectivity index (χ3v) is 13.6. The smallest absolute Gasteiger partial charge is 0.481 e. The molecular weight excluding hydrogens is 963 g/mol. The van der Waals surface area contributed by atoms with Crippen LogP contribution in [0.1, 0.15) is 81.6 Å². The number of aromatic nitrogens is 4. The van der Waals surface area contributed by atoms with Crippen molar-refractivity contribution in [2.75, 3.05) is 14.2 Å². The predicted molar refractivity (Wildman–Crippen MR) is 257 cm³/mol. The number of ketones is 2. The quantitative estimate of drug-likeness (QED) is 0.0674. The Bertz CT molecular complexity index is 3090. The first kappa shape index (κ1) is 51.5. The SMILES string of the molecule is COc1ncc(C)cc1-c1nc(CC(=O)C2(c3ccc4c(c3)OC(F)(F)O4)CC2)cc(C)c1C.COc1ncc(C)cc1B(O)O.Cc1cc(CC(=O)C2(c3ccc4c(c3)OC(F)(F)O4)CC2)nc(Cl)c1C. The molecule has 0 spiro atoms. The summed E-state index contributed by atoms with van der Waals surface area (Å²) in [4.78, 5) is 43.7.